The van der Waals surface area contributed by atoms with Crippen LogP contribution in [0.1, 0.15) is 12.8 Å². The van der Waals surface area contributed by atoms with Crippen LogP contribution in [0.15, 0.2) is 18.2 Å². The molecule has 0 bridgehead atoms. The third kappa shape index (κ3) is 2.45. The highest BCUT2D eigenvalue weighted by molar-refractivity contribution is 5.97. The van der Waals surface area contributed by atoms with Crippen molar-refractivity contribution in [2.75, 3.05) is 19.1 Å². The quantitative estimate of drug-likeness (QED) is 0.915. The fourth-order valence-electron chi connectivity index (χ4n) is 2.33. The van der Waals surface area contributed by atoms with E-state index in [-0.39, 0.29) is 11.7 Å². The molecule has 6 heteroatoms. The van der Waals surface area contributed by atoms with E-state index in [2.05, 4.69) is 0 Å². The summed E-state index contributed by atoms with van der Waals surface area (Å²) in [6, 6.07) is 4.20. The van der Waals surface area contributed by atoms with Crippen molar-refractivity contribution in [3.8, 4) is 5.75 Å². The standard InChI is InChI=1S/C14H16FNO4/c1-16(8-3-6-12(20-2)11(15)7-8)13(17)9-4-5-10(9)14(18)19/h3,6-7,9-10H,4-5H2,1-2H3,(H,18,19). The minimum absolute atomic E-state index is 0.0988. The van der Waals surface area contributed by atoms with Crippen molar-refractivity contribution in [2.45, 2.75) is 12.8 Å². The number of carboxylic acids is 1. The lowest BCUT2D eigenvalue weighted by atomic mass is 9.73. The van der Waals surface area contributed by atoms with Crippen molar-refractivity contribution >= 4 is 17.6 Å². The molecule has 1 aromatic carbocycles. The van der Waals surface area contributed by atoms with Gasteiger partial charge in [0.25, 0.3) is 0 Å². The topological polar surface area (TPSA) is 66.8 Å². The number of hydrogen-bond donors (Lipinski definition) is 1. The smallest absolute Gasteiger partial charge is 0.307 e. The monoisotopic (exact) mass is 281 g/mol. The lowest BCUT2D eigenvalue weighted by Crippen LogP contribution is -2.44. The third-order valence-corrected chi connectivity index (χ3v) is 3.76. The van der Waals surface area contributed by atoms with E-state index in [1.165, 1.54) is 31.2 Å². The van der Waals surface area contributed by atoms with Crippen LogP contribution in [0, 0.1) is 17.7 Å². The molecule has 108 valence electrons. The minimum atomic E-state index is -0.955. The molecule has 5 nitrogen and oxygen atoms in total. The summed E-state index contributed by atoms with van der Waals surface area (Å²) >= 11 is 0. The fourth-order valence-corrected chi connectivity index (χ4v) is 2.33. The van der Waals surface area contributed by atoms with Gasteiger partial charge >= 0.3 is 5.97 Å². The maximum absolute atomic E-state index is 13.6. The summed E-state index contributed by atoms with van der Waals surface area (Å²) in [6.07, 6.45) is 1.06. The summed E-state index contributed by atoms with van der Waals surface area (Å²) in [5.74, 6) is -2.87. The maximum Gasteiger partial charge on any atom is 0.307 e. The molecule has 2 unspecified atom stereocenters. The number of aliphatic carboxylic acids is 1. The largest absolute Gasteiger partial charge is 0.494 e. The Hall–Kier alpha value is -2.11. The van der Waals surface area contributed by atoms with Gasteiger partial charge in [-0.05, 0) is 25.0 Å². The van der Waals surface area contributed by atoms with Gasteiger partial charge in [0, 0.05) is 18.8 Å². The zero-order valence-electron chi connectivity index (χ0n) is 11.3. The van der Waals surface area contributed by atoms with Crippen LogP contribution in [0.2, 0.25) is 0 Å². The Morgan fingerprint density at radius 3 is 2.45 bits per heavy atom. The SMILES string of the molecule is COc1ccc(N(C)C(=O)C2CCC2C(=O)O)cc1F. The number of ether oxygens (including phenoxy) is 1. The van der Waals surface area contributed by atoms with Crippen molar-refractivity contribution in [1.82, 2.24) is 0 Å². The molecule has 0 aromatic heterocycles. The number of rotatable bonds is 4. The molecule has 0 saturated heterocycles. The average molecular weight is 281 g/mol. The zero-order valence-corrected chi connectivity index (χ0v) is 11.3. The van der Waals surface area contributed by atoms with E-state index in [4.69, 9.17) is 9.84 Å². The molecule has 20 heavy (non-hydrogen) atoms. The zero-order chi connectivity index (χ0) is 14.9. The van der Waals surface area contributed by atoms with Gasteiger partial charge in [-0.25, -0.2) is 4.39 Å². The highest BCUT2D eigenvalue weighted by Crippen LogP contribution is 2.36. The summed E-state index contributed by atoms with van der Waals surface area (Å²) in [5, 5.41) is 8.97. The number of benzene rings is 1. The van der Waals surface area contributed by atoms with Gasteiger partial charge in [0.15, 0.2) is 11.6 Å². The van der Waals surface area contributed by atoms with Crippen molar-refractivity contribution in [1.29, 1.82) is 0 Å². The second-order valence-electron chi connectivity index (χ2n) is 4.84. The van der Waals surface area contributed by atoms with Crippen LogP contribution in [-0.4, -0.2) is 31.1 Å². The molecule has 2 rings (SSSR count). The molecule has 0 radical (unpaired) electrons. The van der Waals surface area contributed by atoms with Gasteiger partial charge < -0.3 is 14.7 Å². The van der Waals surface area contributed by atoms with Crippen LogP contribution in [0.4, 0.5) is 10.1 Å². The first-order valence-electron chi connectivity index (χ1n) is 6.29. The molecule has 0 heterocycles. The Kier molecular flexibility index (Phi) is 3.92. The lowest BCUT2D eigenvalue weighted by molar-refractivity contribution is -0.151. The molecule has 1 aliphatic rings. The summed E-state index contributed by atoms with van der Waals surface area (Å²) in [7, 11) is 2.87. The van der Waals surface area contributed by atoms with E-state index in [1.54, 1.807) is 6.07 Å². The fraction of sp³-hybridized carbons (Fsp3) is 0.429. The molecule has 1 saturated carbocycles. The molecular weight excluding hydrogens is 265 g/mol. The van der Waals surface area contributed by atoms with Crippen LogP contribution < -0.4 is 9.64 Å². The molecule has 1 N–H and O–H groups in total. The molecule has 2 atom stereocenters. The molecule has 0 spiro atoms. The lowest BCUT2D eigenvalue weighted by Gasteiger charge is -2.35. The number of hydrogen-bond acceptors (Lipinski definition) is 3. The van der Waals surface area contributed by atoms with Crippen LogP contribution in [0.3, 0.4) is 0 Å². The highest BCUT2D eigenvalue weighted by Gasteiger charge is 2.42. The number of halogens is 1. The van der Waals surface area contributed by atoms with Crippen LogP contribution in [-0.2, 0) is 9.59 Å². The summed E-state index contributed by atoms with van der Waals surface area (Å²) < 4.78 is 18.4. The summed E-state index contributed by atoms with van der Waals surface area (Å²) in [5.41, 5.74) is 0.379. The van der Waals surface area contributed by atoms with E-state index >= 15 is 0 Å². The molecule has 1 amide bonds. The minimum Gasteiger partial charge on any atom is -0.494 e. The number of anilines is 1. The van der Waals surface area contributed by atoms with Gasteiger partial charge in [0.05, 0.1) is 18.9 Å². The van der Waals surface area contributed by atoms with Crippen molar-refractivity contribution in [2.24, 2.45) is 11.8 Å². The summed E-state index contributed by atoms with van der Waals surface area (Å²) in [4.78, 5) is 24.5. The van der Waals surface area contributed by atoms with E-state index in [1.807, 2.05) is 0 Å². The van der Waals surface area contributed by atoms with Gasteiger partial charge in [0.2, 0.25) is 5.91 Å². The Bertz CT molecular complexity index is 546. The number of amides is 1. The van der Waals surface area contributed by atoms with Gasteiger partial charge in [-0.1, -0.05) is 0 Å². The van der Waals surface area contributed by atoms with Crippen LogP contribution >= 0.6 is 0 Å². The van der Waals surface area contributed by atoms with Crippen LogP contribution in [0.25, 0.3) is 0 Å². The Morgan fingerprint density at radius 2 is 2.00 bits per heavy atom. The predicted molar refractivity (Wildman–Crippen MR) is 70.2 cm³/mol. The Morgan fingerprint density at radius 1 is 1.35 bits per heavy atom. The number of nitrogens with zero attached hydrogens (tertiary/aromatic N) is 1. The van der Waals surface area contributed by atoms with Crippen molar-refractivity contribution in [3.05, 3.63) is 24.0 Å². The van der Waals surface area contributed by atoms with E-state index in [9.17, 15) is 14.0 Å². The Labute approximate surface area is 116 Å². The Balaban J connectivity index is 2.15. The van der Waals surface area contributed by atoms with E-state index in [0.717, 1.165) is 0 Å². The second kappa shape index (κ2) is 5.48. The van der Waals surface area contributed by atoms with Gasteiger partial charge in [-0.3, -0.25) is 9.59 Å². The van der Waals surface area contributed by atoms with E-state index in [0.29, 0.717) is 18.5 Å². The van der Waals surface area contributed by atoms with Crippen molar-refractivity contribution < 1.29 is 23.8 Å². The highest BCUT2D eigenvalue weighted by atomic mass is 19.1. The third-order valence-electron chi connectivity index (χ3n) is 3.76. The number of carboxylic acid groups (broad SMARTS) is 1. The molecule has 1 fully saturated rings. The predicted octanol–water partition coefficient (Wildman–Crippen LogP) is 1.91. The average Bonchev–Trinajstić information content (AvgIpc) is 2.35. The first-order valence-corrected chi connectivity index (χ1v) is 6.29. The second-order valence-corrected chi connectivity index (χ2v) is 4.84. The first-order chi connectivity index (χ1) is 9.45. The van der Waals surface area contributed by atoms with Gasteiger partial charge in [-0.2, -0.15) is 0 Å². The van der Waals surface area contributed by atoms with Gasteiger partial charge in [-0.15, -0.1) is 0 Å². The summed E-state index contributed by atoms with van der Waals surface area (Å²) in [6.45, 7) is 0. The number of carbonyl (C=O) groups excluding carboxylic acids is 1. The normalized spacial score (nSPS) is 20.9. The molecule has 1 aliphatic carbocycles. The number of carbonyl (C=O) groups is 2. The maximum atomic E-state index is 13.6. The van der Waals surface area contributed by atoms with Gasteiger partial charge in [0.1, 0.15) is 0 Å². The first kappa shape index (κ1) is 14.3. The van der Waals surface area contributed by atoms with Crippen LogP contribution in [0.5, 0.6) is 5.75 Å². The molecule has 0 aliphatic heterocycles. The van der Waals surface area contributed by atoms with Crippen molar-refractivity contribution in [3.63, 3.8) is 0 Å². The molecular formula is C14H16FNO4. The number of methoxy groups -OCH3 is 1. The van der Waals surface area contributed by atoms with E-state index < -0.39 is 23.6 Å². The molecule has 1 aromatic rings.